The predicted octanol–water partition coefficient (Wildman–Crippen LogP) is 3.89. The highest BCUT2D eigenvalue weighted by Gasteiger charge is 2.14. The number of H-pyrrole nitrogens is 1. The van der Waals surface area contributed by atoms with E-state index in [1.807, 2.05) is 18.2 Å². The van der Waals surface area contributed by atoms with Crippen LogP contribution in [-0.4, -0.2) is 30.5 Å². The number of benzene rings is 2. The molecule has 142 valence electrons. The molecule has 0 aliphatic rings. The van der Waals surface area contributed by atoms with Crippen LogP contribution < -0.4 is 4.72 Å². The number of nitrogens with zero attached hydrogens (tertiary/aromatic N) is 3. The normalized spacial score (nSPS) is 12.3. The fourth-order valence-corrected chi connectivity index (χ4v) is 3.76. The number of hydrogen-bond acceptors (Lipinski definition) is 6. The van der Waals surface area contributed by atoms with Crippen LogP contribution >= 0.6 is 0 Å². The molecule has 0 saturated heterocycles. The lowest BCUT2D eigenvalue weighted by Gasteiger charge is -2.02. The Morgan fingerprint density at radius 1 is 1.11 bits per heavy atom. The van der Waals surface area contributed by atoms with Crippen LogP contribution in [0.25, 0.3) is 21.7 Å². The van der Waals surface area contributed by atoms with Crippen LogP contribution in [0.5, 0.6) is 5.88 Å². The zero-order valence-corrected chi connectivity index (χ0v) is 15.7. The van der Waals surface area contributed by atoms with Crippen molar-refractivity contribution in [3.63, 3.8) is 0 Å². The van der Waals surface area contributed by atoms with Crippen LogP contribution in [0.3, 0.4) is 0 Å². The van der Waals surface area contributed by atoms with Crippen molar-refractivity contribution >= 4 is 43.1 Å². The van der Waals surface area contributed by atoms with E-state index in [2.05, 4.69) is 24.9 Å². The molecule has 2 heterocycles. The topological polar surface area (TPSA) is 120 Å². The van der Waals surface area contributed by atoms with Crippen LogP contribution in [0.2, 0.25) is 0 Å². The fourth-order valence-electron chi connectivity index (χ4n) is 2.99. The van der Waals surface area contributed by atoms with Crippen molar-refractivity contribution in [3.05, 3.63) is 60.4 Å². The van der Waals surface area contributed by atoms with Crippen molar-refractivity contribution in [2.75, 3.05) is 7.05 Å². The molecule has 0 bridgehead atoms. The van der Waals surface area contributed by atoms with Gasteiger partial charge >= 0.3 is 0 Å². The minimum Gasteiger partial charge on any atom is -0.493 e. The molecule has 0 amide bonds. The quantitative estimate of drug-likeness (QED) is 0.444. The molecule has 28 heavy (non-hydrogen) atoms. The molecule has 0 fully saturated rings. The first-order valence-electron chi connectivity index (χ1n) is 8.46. The molecule has 0 radical (unpaired) electrons. The van der Waals surface area contributed by atoms with E-state index in [0.717, 1.165) is 21.7 Å². The number of aromatic hydroxyl groups is 1. The molecule has 2 aromatic heterocycles. The molecule has 2 aromatic carbocycles. The summed E-state index contributed by atoms with van der Waals surface area (Å²) in [6, 6.07) is 12.4. The van der Waals surface area contributed by atoms with Gasteiger partial charge in [0.1, 0.15) is 0 Å². The van der Waals surface area contributed by atoms with Crippen molar-refractivity contribution in [1.82, 2.24) is 14.7 Å². The molecule has 4 rings (SSSR count). The number of pyridine rings is 1. The highest BCUT2D eigenvalue weighted by atomic mass is 32.2. The van der Waals surface area contributed by atoms with E-state index < -0.39 is 10.0 Å². The molecular weight excluding hydrogens is 378 g/mol. The Morgan fingerprint density at radius 2 is 1.89 bits per heavy atom. The largest absolute Gasteiger partial charge is 0.493 e. The van der Waals surface area contributed by atoms with Gasteiger partial charge in [-0.15, -0.1) is 5.11 Å². The lowest BCUT2D eigenvalue weighted by atomic mass is 10.1. The smallest absolute Gasteiger partial charge is 0.218 e. The standard InChI is InChI=1S/C19H17N5O3S/c1-20-28(26,27)11-12-2-5-14(6-3-12)23-24-18-17-15-8-9-21-10-13(15)4-7-16(17)22-19(18)25/h2-10,20,22,25H,11H2,1H3. The van der Waals surface area contributed by atoms with Gasteiger partial charge in [0.25, 0.3) is 0 Å². The molecule has 0 unspecified atom stereocenters. The van der Waals surface area contributed by atoms with Gasteiger partial charge in [-0.3, -0.25) is 4.98 Å². The van der Waals surface area contributed by atoms with Crippen molar-refractivity contribution in [3.8, 4) is 5.88 Å². The Hall–Kier alpha value is -3.30. The fraction of sp³-hybridized carbons (Fsp3) is 0.105. The monoisotopic (exact) mass is 395 g/mol. The number of fused-ring (bicyclic) bond motifs is 3. The summed E-state index contributed by atoms with van der Waals surface area (Å²) in [5.41, 5.74) is 2.27. The van der Waals surface area contributed by atoms with Crippen molar-refractivity contribution < 1.29 is 13.5 Å². The van der Waals surface area contributed by atoms with Gasteiger partial charge in [0.15, 0.2) is 5.69 Å². The number of nitrogens with one attached hydrogen (secondary N) is 2. The number of aromatic amines is 1. The number of rotatable bonds is 5. The number of azo groups is 1. The second-order valence-electron chi connectivity index (χ2n) is 6.24. The zero-order chi connectivity index (χ0) is 19.7. The molecular formula is C19H17N5O3S. The third-order valence-corrected chi connectivity index (χ3v) is 5.74. The molecule has 4 aromatic rings. The van der Waals surface area contributed by atoms with Crippen molar-refractivity contribution in [2.45, 2.75) is 5.75 Å². The van der Waals surface area contributed by atoms with Crippen molar-refractivity contribution in [1.29, 1.82) is 0 Å². The summed E-state index contributed by atoms with van der Waals surface area (Å²) in [4.78, 5) is 7.02. The van der Waals surface area contributed by atoms with Crippen molar-refractivity contribution in [2.24, 2.45) is 10.2 Å². The maximum absolute atomic E-state index is 11.6. The highest BCUT2D eigenvalue weighted by molar-refractivity contribution is 7.88. The van der Waals surface area contributed by atoms with Crippen LogP contribution in [-0.2, 0) is 15.8 Å². The molecule has 0 aliphatic carbocycles. The van der Waals surface area contributed by atoms with Gasteiger partial charge in [-0.25, -0.2) is 13.1 Å². The Kier molecular flexibility index (Phi) is 4.54. The minimum atomic E-state index is -3.33. The summed E-state index contributed by atoms with van der Waals surface area (Å²) >= 11 is 0. The maximum Gasteiger partial charge on any atom is 0.218 e. The Morgan fingerprint density at radius 3 is 2.64 bits per heavy atom. The van der Waals surface area contributed by atoms with Gasteiger partial charge in [-0.05, 0) is 42.3 Å². The number of sulfonamides is 1. The maximum atomic E-state index is 11.6. The Balaban J connectivity index is 1.69. The van der Waals surface area contributed by atoms with E-state index in [1.54, 1.807) is 36.7 Å². The zero-order valence-electron chi connectivity index (χ0n) is 14.9. The Labute approximate surface area is 161 Å². The van der Waals surface area contributed by atoms with E-state index in [1.165, 1.54) is 7.05 Å². The third kappa shape index (κ3) is 3.45. The first kappa shape index (κ1) is 18.1. The third-order valence-electron chi connectivity index (χ3n) is 4.40. The van der Waals surface area contributed by atoms with E-state index in [9.17, 15) is 13.5 Å². The van der Waals surface area contributed by atoms with E-state index >= 15 is 0 Å². The van der Waals surface area contributed by atoms with Gasteiger partial charge in [0.2, 0.25) is 15.9 Å². The second-order valence-corrected chi connectivity index (χ2v) is 8.16. The van der Waals surface area contributed by atoms with Gasteiger partial charge in [-0.2, -0.15) is 5.11 Å². The summed E-state index contributed by atoms with van der Waals surface area (Å²) in [6.07, 6.45) is 3.43. The van der Waals surface area contributed by atoms with Crippen LogP contribution in [0, 0.1) is 0 Å². The van der Waals surface area contributed by atoms with Gasteiger partial charge in [-0.1, -0.05) is 18.2 Å². The summed E-state index contributed by atoms with van der Waals surface area (Å²) in [7, 11) is -1.95. The molecule has 0 aliphatic heterocycles. The number of aromatic nitrogens is 2. The molecule has 0 saturated carbocycles. The predicted molar refractivity (Wildman–Crippen MR) is 108 cm³/mol. The van der Waals surface area contributed by atoms with Gasteiger partial charge in [0.05, 0.1) is 17.0 Å². The van der Waals surface area contributed by atoms with E-state index in [0.29, 0.717) is 16.9 Å². The summed E-state index contributed by atoms with van der Waals surface area (Å²) < 4.78 is 25.5. The van der Waals surface area contributed by atoms with Gasteiger partial charge < -0.3 is 10.1 Å². The highest BCUT2D eigenvalue weighted by Crippen LogP contribution is 2.40. The Bertz CT molecular complexity index is 1290. The molecule has 0 spiro atoms. The molecule has 8 nitrogen and oxygen atoms in total. The van der Waals surface area contributed by atoms with Crippen LogP contribution in [0.4, 0.5) is 11.4 Å². The molecule has 9 heteroatoms. The molecule has 3 N–H and O–H groups in total. The first-order chi connectivity index (χ1) is 13.5. The van der Waals surface area contributed by atoms with E-state index in [-0.39, 0.29) is 11.6 Å². The summed E-state index contributed by atoms with van der Waals surface area (Å²) in [5.74, 6) is -0.177. The van der Waals surface area contributed by atoms with Crippen LogP contribution in [0.1, 0.15) is 5.56 Å². The number of hydrogen-bond donors (Lipinski definition) is 3. The van der Waals surface area contributed by atoms with E-state index in [4.69, 9.17) is 0 Å². The first-order valence-corrected chi connectivity index (χ1v) is 10.1. The van der Waals surface area contributed by atoms with Crippen LogP contribution in [0.15, 0.2) is 65.1 Å². The average molecular weight is 395 g/mol. The lowest BCUT2D eigenvalue weighted by molar-refractivity contribution is 0.459. The minimum absolute atomic E-state index is 0.0696. The SMILES string of the molecule is CNS(=O)(=O)Cc1ccc(N=Nc2c(O)[nH]c3ccc4cnccc4c23)cc1. The average Bonchev–Trinajstić information content (AvgIpc) is 3.03. The molecule has 0 atom stereocenters. The summed E-state index contributed by atoms with van der Waals surface area (Å²) in [6.45, 7) is 0. The summed E-state index contributed by atoms with van der Waals surface area (Å²) in [5, 5.41) is 21.3. The lowest BCUT2D eigenvalue weighted by Crippen LogP contribution is -2.20. The second kappa shape index (κ2) is 7.02. The van der Waals surface area contributed by atoms with Gasteiger partial charge in [0, 0.05) is 23.2 Å².